The van der Waals surface area contributed by atoms with E-state index in [9.17, 15) is 0 Å². The first-order chi connectivity index (χ1) is 5.25. The average molecular weight is 154 g/mol. The van der Waals surface area contributed by atoms with Crippen LogP contribution in [0, 0.1) is 17.8 Å². The topological polar surface area (TPSA) is 0 Å². The molecule has 1 aliphatic rings. The number of rotatable bonds is 1. The quantitative estimate of drug-likeness (QED) is 0.503. The summed E-state index contributed by atoms with van der Waals surface area (Å²) in [4.78, 5) is 0. The Morgan fingerprint density at radius 3 is 1.82 bits per heavy atom. The molecule has 0 radical (unpaired) electrons. The van der Waals surface area contributed by atoms with Gasteiger partial charge in [0.15, 0.2) is 0 Å². The Balaban J connectivity index is 2.51. The molecular weight excluding hydrogens is 132 g/mol. The first-order valence-electron chi connectivity index (χ1n) is 5.25. The van der Waals surface area contributed by atoms with Gasteiger partial charge in [-0.2, -0.15) is 0 Å². The number of hydrogen-bond donors (Lipinski definition) is 0. The van der Waals surface area contributed by atoms with Crippen molar-refractivity contribution in [2.75, 3.05) is 0 Å². The maximum Gasteiger partial charge on any atom is -0.0365 e. The number of hydrogen-bond acceptors (Lipinski definition) is 0. The minimum absolute atomic E-state index is 0.984. The zero-order chi connectivity index (χ0) is 8.27. The molecule has 0 aromatic heterocycles. The molecule has 0 N–H and O–H groups in total. The maximum absolute atomic E-state index is 2.44. The van der Waals surface area contributed by atoms with Crippen molar-refractivity contribution in [3.05, 3.63) is 0 Å². The van der Waals surface area contributed by atoms with Crippen LogP contribution in [0.25, 0.3) is 0 Å². The Morgan fingerprint density at radius 1 is 1.00 bits per heavy atom. The summed E-state index contributed by atoms with van der Waals surface area (Å²) >= 11 is 0. The van der Waals surface area contributed by atoms with E-state index in [1.807, 2.05) is 0 Å². The maximum atomic E-state index is 2.44. The highest BCUT2D eigenvalue weighted by Crippen LogP contribution is 2.34. The van der Waals surface area contributed by atoms with Crippen molar-refractivity contribution in [2.45, 2.75) is 52.9 Å². The molecule has 1 fully saturated rings. The van der Waals surface area contributed by atoms with Gasteiger partial charge in [0.1, 0.15) is 0 Å². The van der Waals surface area contributed by atoms with E-state index in [0.717, 1.165) is 17.8 Å². The fourth-order valence-corrected chi connectivity index (χ4v) is 2.73. The van der Waals surface area contributed by atoms with Crippen LogP contribution in [0.2, 0.25) is 0 Å². The summed E-state index contributed by atoms with van der Waals surface area (Å²) in [6.07, 6.45) is 7.29. The molecular formula is C11H22. The first-order valence-corrected chi connectivity index (χ1v) is 5.25. The highest BCUT2D eigenvalue weighted by atomic mass is 14.3. The fourth-order valence-electron chi connectivity index (χ4n) is 2.73. The third-order valence-corrected chi connectivity index (χ3v) is 3.50. The molecule has 1 aliphatic carbocycles. The molecule has 0 heterocycles. The summed E-state index contributed by atoms with van der Waals surface area (Å²) in [5, 5.41) is 0. The monoisotopic (exact) mass is 154 g/mol. The lowest BCUT2D eigenvalue weighted by Crippen LogP contribution is -2.16. The zero-order valence-corrected chi connectivity index (χ0v) is 8.27. The van der Waals surface area contributed by atoms with Crippen LogP contribution in [0.15, 0.2) is 0 Å². The van der Waals surface area contributed by atoms with Crippen LogP contribution in [0.3, 0.4) is 0 Å². The van der Waals surface area contributed by atoms with Gasteiger partial charge in [0, 0.05) is 0 Å². The Bertz CT molecular complexity index is 94.6. The minimum atomic E-state index is 0.984. The molecule has 0 aromatic rings. The molecule has 0 amide bonds. The second-order valence-electron chi connectivity index (χ2n) is 4.31. The lowest BCUT2D eigenvalue weighted by molar-refractivity contribution is 0.251. The summed E-state index contributed by atoms with van der Waals surface area (Å²) < 4.78 is 0. The molecule has 0 spiro atoms. The van der Waals surface area contributed by atoms with E-state index in [-0.39, 0.29) is 0 Å². The van der Waals surface area contributed by atoms with Crippen molar-refractivity contribution in [3.8, 4) is 0 Å². The van der Waals surface area contributed by atoms with Gasteiger partial charge in [-0.3, -0.25) is 0 Å². The molecule has 0 aliphatic heterocycles. The van der Waals surface area contributed by atoms with Crippen molar-refractivity contribution >= 4 is 0 Å². The Labute approximate surface area is 71.4 Å². The zero-order valence-electron chi connectivity index (χ0n) is 8.27. The molecule has 1 rings (SSSR count). The van der Waals surface area contributed by atoms with Gasteiger partial charge in [-0.15, -0.1) is 0 Å². The van der Waals surface area contributed by atoms with Gasteiger partial charge < -0.3 is 0 Å². The molecule has 11 heavy (non-hydrogen) atoms. The average Bonchev–Trinajstić information content (AvgIpc) is 2.12. The van der Waals surface area contributed by atoms with Gasteiger partial charge in [0.2, 0.25) is 0 Å². The molecule has 0 saturated heterocycles. The second-order valence-corrected chi connectivity index (χ2v) is 4.31. The smallest absolute Gasteiger partial charge is 0.0365 e. The largest absolute Gasteiger partial charge is 0.0651 e. The van der Waals surface area contributed by atoms with Crippen molar-refractivity contribution < 1.29 is 0 Å². The summed E-state index contributed by atoms with van der Waals surface area (Å²) in [6.45, 7) is 7.23. The molecule has 0 aromatic carbocycles. The van der Waals surface area contributed by atoms with Crippen LogP contribution in [0.4, 0.5) is 0 Å². The van der Waals surface area contributed by atoms with Crippen molar-refractivity contribution in [3.63, 3.8) is 0 Å². The van der Waals surface area contributed by atoms with E-state index in [0.29, 0.717) is 0 Å². The summed E-state index contributed by atoms with van der Waals surface area (Å²) in [6, 6.07) is 0. The highest BCUT2D eigenvalue weighted by Gasteiger charge is 2.23. The summed E-state index contributed by atoms with van der Waals surface area (Å²) in [5.41, 5.74) is 0. The van der Waals surface area contributed by atoms with Gasteiger partial charge in [-0.1, -0.05) is 52.9 Å². The SMILES string of the molecule is CCC1C(C)CCCCC1C. The molecule has 2 atom stereocenters. The van der Waals surface area contributed by atoms with Crippen LogP contribution in [-0.4, -0.2) is 0 Å². The van der Waals surface area contributed by atoms with E-state index in [4.69, 9.17) is 0 Å². The Hall–Kier alpha value is 0. The van der Waals surface area contributed by atoms with Crippen LogP contribution in [0.5, 0.6) is 0 Å². The predicted molar refractivity (Wildman–Crippen MR) is 50.6 cm³/mol. The van der Waals surface area contributed by atoms with E-state index >= 15 is 0 Å². The lowest BCUT2D eigenvalue weighted by Gasteiger charge is -2.25. The molecule has 1 saturated carbocycles. The third kappa shape index (κ3) is 2.21. The normalized spacial score (nSPS) is 40.1. The van der Waals surface area contributed by atoms with Crippen LogP contribution < -0.4 is 0 Å². The summed E-state index contributed by atoms with van der Waals surface area (Å²) in [5.74, 6) is 2.98. The molecule has 66 valence electrons. The Kier molecular flexibility index (Phi) is 3.42. The van der Waals surface area contributed by atoms with Gasteiger partial charge in [0.05, 0.1) is 0 Å². The van der Waals surface area contributed by atoms with E-state index in [1.54, 1.807) is 0 Å². The minimum Gasteiger partial charge on any atom is -0.0651 e. The van der Waals surface area contributed by atoms with Crippen molar-refractivity contribution in [1.29, 1.82) is 0 Å². The standard InChI is InChI=1S/C11H22/c1-4-11-9(2)7-5-6-8-10(11)3/h9-11H,4-8H2,1-3H3. The van der Waals surface area contributed by atoms with Crippen LogP contribution in [0.1, 0.15) is 52.9 Å². The van der Waals surface area contributed by atoms with Crippen LogP contribution >= 0.6 is 0 Å². The van der Waals surface area contributed by atoms with E-state index in [1.165, 1.54) is 32.1 Å². The summed E-state index contributed by atoms with van der Waals surface area (Å²) in [7, 11) is 0. The van der Waals surface area contributed by atoms with E-state index in [2.05, 4.69) is 20.8 Å². The predicted octanol–water partition coefficient (Wildman–Crippen LogP) is 3.86. The van der Waals surface area contributed by atoms with Gasteiger partial charge in [-0.25, -0.2) is 0 Å². The van der Waals surface area contributed by atoms with E-state index < -0.39 is 0 Å². The highest BCUT2D eigenvalue weighted by molar-refractivity contribution is 4.74. The van der Waals surface area contributed by atoms with Crippen molar-refractivity contribution in [1.82, 2.24) is 0 Å². The van der Waals surface area contributed by atoms with Gasteiger partial charge in [0.25, 0.3) is 0 Å². The van der Waals surface area contributed by atoms with Crippen LogP contribution in [-0.2, 0) is 0 Å². The van der Waals surface area contributed by atoms with Crippen molar-refractivity contribution in [2.24, 2.45) is 17.8 Å². The van der Waals surface area contributed by atoms with Gasteiger partial charge >= 0.3 is 0 Å². The molecule has 0 bridgehead atoms. The molecule has 0 heteroatoms. The first kappa shape index (κ1) is 9.09. The second kappa shape index (κ2) is 4.13. The molecule has 0 nitrogen and oxygen atoms in total. The third-order valence-electron chi connectivity index (χ3n) is 3.50. The lowest BCUT2D eigenvalue weighted by atomic mass is 9.81. The molecule has 2 unspecified atom stereocenters. The Morgan fingerprint density at radius 2 is 1.45 bits per heavy atom. The van der Waals surface area contributed by atoms with Gasteiger partial charge in [-0.05, 0) is 17.8 Å². The fraction of sp³-hybridized carbons (Fsp3) is 1.00.